The fraction of sp³-hybridized carbons (Fsp3) is 0.429. The highest BCUT2D eigenvalue weighted by molar-refractivity contribution is 8.00. The standard InChI is InChI=1S/C21H26N2O3S2/c1-5-26-21(25)18-19(17-11-10-14(2)27-17)28-16-9-7-6-8-15(16)23(20(18)24)13-12-22(3)4/h6-11,18-19H,5,12-13H2,1-4H3/t18-,19-/m0/s1. The molecule has 1 aromatic carbocycles. The fourth-order valence-corrected chi connectivity index (χ4v) is 5.69. The number of para-hydroxylation sites is 1. The third-order valence-corrected chi connectivity index (χ3v) is 7.21. The van der Waals surface area contributed by atoms with Gasteiger partial charge in [-0.25, -0.2) is 0 Å². The number of hydrogen-bond donors (Lipinski definition) is 0. The van der Waals surface area contributed by atoms with Gasteiger partial charge in [-0.15, -0.1) is 23.1 Å². The minimum Gasteiger partial charge on any atom is -0.465 e. The number of amides is 1. The molecule has 0 radical (unpaired) electrons. The Balaban J connectivity index is 2.08. The monoisotopic (exact) mass is 418 g/mol. The largest absolute Gasteiger partial charge is 0.465 e. The van der Waals surface area contributed by atoms with Gasteiger partial charge in [-0.2, -0.15) is 0 Å². The summed E-state index contributed by atoms with van der Waals surface area (Å²) >= 11 is 3.21. The number of carbonyl (C=O) groups is 2. The van der Waals surface area contributed by atoms with Crippen LogP contribution in [0.25, 0.3) is 0 Å². The maximum atomic E-state index is 13.6. The van der Waals surface area contributed by atoms with Crippen molar-refractivity contribution in [3.63, 3.8) is 0 Å². The van der Waals surface area contributed by atoms with Crippen LogP contribution in [0.15, 0.2) is 41.3 Å². The number of aryl methyl sites for hydroxylation is 1. The molecule has 3 rings (SSSR count). The summed E-state index contributed by atoms with van der Waals surface area (Å²) in [5.41, 5.74) is 0.865. The number of likely N-dealkylation sites (N-methyl/N-ethyl adjacent to an activating group) is 1. The third kappa shape index (κ3) is 4.42. The second-order valence-corrected chi connectivity index (χ2v) is 9.48. The molecule has 0 bridgehead atoms. The van der Waals surface area contributed by atoms with Crippen LogP contribution in [0.4, 0.5) is 5.69 Å². The Morgan fingerprint density at radius 2 is 1.96 bits per heavy atom. The van der Waals surface area contributed by atoms with Crippen LogP contribution in [0.2, 0.25) is 0 Å². The number of hydrogen-bond acceptors (Lipinski definition) is 6. The normalized spacial score (nSPS) is 19.5. The van der Waals surface area contributed by atoms with Crippen molar-refractivity contribution in [2.75, 3.05) is 38.7 Å². The van der Waals surface area contributed by atoms with Gasteiger partial charge in [0.15, 0.2) is 5.92 Å². The van der Waals surface area contributed by atoms with Gasteiger partial charge in [0.2, 0.25) is 5.91 Å². The molecule has 2 heterocycles. The van der Waals surface area contributed by atoms with E-state index in [9.17, 15) is 9.59 Å². The molecule has 1 aliphatic heterocycles. The Labute approximate surface area is 174 Å². The maximum absolute atomic E-state index is 13.6. The van der Waals surface area contributed by atoms with Gasteiger partial charge in [-0.3, -0.25) is 9.59 Å². The average molecular weight is 419 g/mol. The van der Waals surface area contributed by atoms with Crippen molar-refractivity contribution in [2.45, 2.75) is 24.0 Å². The molecule has 2 aromatic rings. The van der Waals surface area contributed by atoms with E-state index >= 15 is 0 Å². The summed E-state index contributed by atoms with van der Waals surface area (Å²) in [4.78, 5) is 33.5. The molecule has 0 saturated carbocycles. The summed E-state index contributed by atoms with van der Waals surface area (Å²) < 4.78 is 5.33. The number of fused-ring (bicyclic) bond motifs is 1. The molecule has 1 amide bonds. The van der Waals surface area contributed by atoms with Gasteiger partial charge in [-0.1, -0.05) is 12.1 Å². The lowest BCUT2D eigenvalue weighted by atomic mass is 10.0. The van der Waals surface area contributed by atoms with E-state index in [1.807, 2.05) is 62.3 Å². The van der Waals surface area contributed by atoms with Gasteiger partial charge in [0.1, 0.15) is 0 Å². The molecule has 0 unspecified atom stereocenters. The molecule has 150 valence electrons. The number of thiophene rings is 1. The van der Waals surface area contributed by atoms with Crippen LogP contribution in [0, 0.1) is 12.8 Å². The first kappa shape index (κ1) is 20.9. The van der Waals surface area contributed by atoms with Crippen molar-refractivity contribution >= 4 is 40.7 Å². The predicted octanol–water partition coefficient (Wildman–Crippen LogP) is 3.98. The summed E-state index contributed by atoms with van der Waals surface area (Å²) in [6, 6.07) is 12.0. The maximum Gasteiger partial charge on any atom is 0.320 e. The van der Waals surface area contributed by atoms with Crippen LogP contribution in [0.3, 0.4) is 0 Å². The Hall–Kier alpha value is -1.83. The van der Waals surface area contributed by atoms with E-state index in [2.05, 4.69) is 0 Å². The first-order valence-electron chi connectivity index (χ1n) is 9.37. The number of nitrogens with zero attached hydrogens (tertiary/aromatic N) is 2. The van der Waals surface area contributed by atoms with Crippen molar-refractivity contribution < 1.29 is 14.3 Å². The quantitative estimate of drug-likeness (QED) is 0.525. The third-order valence-electron chi connectivity index (χ3n) is 4.60. The summed E-state index contributed by atoms with van der Waals surface area (Å²) in [5, 5.41) is -0.296. The number of carbonyl (C=O) groups excluding carboxylic acids is 2. The zero-order valence-corrected chi connectivity index (χ0v) is 18.3. The lowest BCUT2D eigenvalue weighted by Gasteiger charge is -2.27. The molecular formula is C21H26N2O3S2. The van der Waals surface area contributed by atoms with E-state index in [1.54, 1.807) is 34.9 Å². The van der Waals surface area contributed by atoms with Crippen LogP contribution in [0.5, 0.6) is 0 Å². The molecule has 1 aromatic heterocycles. The van der Waals surface area contributed by atoms with E-state index in [0.29, 0.717) is 13.1 Å². The second-order valence-electron chi connectivity index (χ2n) is 6.98. The van der Waals surface area contributed by atoms with E-state index in [1.165, 1.54) is 0 Å². The first-order valence-corrected chi connectivity index (χ1v) is 11.1. The molecule has 1 aliphatic rings. The van der Waals surface area contributed by atoms with E-state index < -0.39 is 11.9 Å². The molecule has 28 heavy (non-hydrogen) atoms. The Morgan fingerprint density at radius 1 is 1.21 bits per heavy atom. The van der Waals surface area contributed by atoms with Crippen molar-refractivity contribution in [2.24, 2.45) is 5.92 Å². The number of thioether (sulfide) groups is 1. The minimum atomic E-state index is -0.863. The first-order chi connectivity index (χ1) is 13.4. The van der Waals surface area contributed by atoms with Crippen LogP contribution >= 0.6 is 23.1 Å². The van der Waals surface area contributed by atoms with Gasteiger partial charge in [0.05, 0.1) is 17.5 Å². The van der Waals surface area contributed by atoms with Crippen LogP contribution in [0.1, 0.15) is 21.9 Å². The van der Waals surface area contributed by atoms with Crippen molar-refractivity contribution in [3.8, 4) is 0 Å². The van der Waals surface area contributed by atoms with Gasteiger partial charge < -0.3 is 14.5 Å². The summed E-state index contributed by atoms with van der Waals surface area (Å²) in [7, 11) is 3.95. The van der Waals surface area contributed by atoms with Crippen LogP contribution < -0.4 is 4.90 Å². The second kappa shape index (κ2) is 9.11. The van der Waals surface area contributed by atoms with Gasteiger partial charge in [-0.05, 0) is 52.2 Å². The smallest absolute Gasteiger partial charge is 0.320 e. The molecular weight excluding hydrogens is 392 g/mol. The zero-order chi connectivity index (χ0) is 20.3. The van der Waals surface area contributed by atoms with Crippen molar-refractivity contribution in [1.29, 1.82) is 0 Å². The van der Waals surface area contributed by atoms with Crippen LogP contribution in [-0.2, 0) is 14.3 Å². The Kier molecular flexibility index (Phi) is 6.80. The summed E-state index contributed by atoms with van der Waals surface area (Å²) in [6.45, 7) is 5.30. The number of benzene rings is 1. The topological polar surface area (TPSA) is 49.9 Å². The van der Waals surface area contributed by atoms with Crippen molar-refractivity contribution in [1.82, 2.24) is 4.90 Å². The highest BCUT2D eigenvalue weighted by Gasteiger charge is 2.44. The number of ether oxygens (including phenoxy) is 1. The molecule has 5 nitrogen and oxygen atoms in total. The van der Waals surface area contributed by atoms with E-state index in [4.69, 9.17) is 4.74 Å². The highest BCUT2D eigenvalue weighted by atomic mass is 32.2. The van der Waals surface area contributed by atoms with E-state index in [-0.39, 0.29) is 17.8 Å². The van der Waals surface area contributed by atoms with E-state index in [0.717, 1.165) is 20.3 Å². The number of anilines is 1. The molecule has 2 atom stereocenters. The molecule has 7 heteroatoms. The average Bonchev–Trinajstić information content (AvgIpc) is 3.03. The predicted molar refractivity (Wildman–Crippen MR) is 115 cm³/mol. The lowest BCUT2D eigenvalue weighted by Crippen LogP contribution is -2.44. The highest BCUT2D eigenvalue weighted by Crippen LogP contribution is 2.50. The summed E-state index contributed by atoms with van der Waals surface area (Å²) in [6.07, 6.45) is 0. The summed E-state index contributed by atoms with van der Waals surface area (Å²) in [5.74, 6) is -1.50. The SMILES string of the molecule is CCOC(=O)[C@@H]1C(=O)N(CCN(C)C)c2ccccc2S[C@H]1c1ccc(C)s1. The minimum absolute atomic E-state index is 0.186. The molecule has 0 aliphatic carbocycles. The van der Waals surface area contributed by atoms with Gasteiger partial charge in [0, 0.05) is 27.7 Å². The number of esters is 1. The van der Waals surface area contributed by atoms with Gasteiger partial charge in [0.25, 0.3) is 0 Å². The fourth-order valence-electron chi connectivity index (χ4n) is 3.22. The molecule has 0 spiro atoms. The van der Waals surface area contributed by atoms with Gasteiger partial charge >= 0.3 is 5.97 Å². The molecule has 0 saturated heterocycles. The van der Waals surface area contributed by atoms with Crippen LogP contribution in [-0.4, -0.2) is 50.6 Å². The Morgan fingerprint density at radius 3 is 2.61 bits per heavy atom. The number of rotatable bonds is 6. The zero-order valence-electron chi connectivity index (χ0n) is 16.7. The Bertz CT molecular complexity index is 850. The molecule has 0 fully saturated rings. The molecule has 0 N–H and O–H groups in total. The van der Waals surface area contributed by atoms with Crippen molar-refractivity contribution in [3.05, 3.63) is 46.2 Å². The lowest BCUT2D eigenvalue weighted by molar-refractivity contribution is -0.151.